The van der Waals surface area contributed by atoms with E-state index in [9.17, 15) is 0 Å². The van der Waals surface area contributed by atoms with E-state index in [4.69, 9.17) is 6.58 Å². The van der Waals surface area contributed by atoms with Crippen LogP contribution in [0.1, 0.15) is 37.3 Å². The van der Waals surface area contributed by atoms with Crippen LogP contribution in [0.4, 0.5) is 0 Å². The van der Waals surface area contributed by atoms with E-state index >= 15 is 0 Å². The van der Waals surface area contributed by atoms with Gasteiger partial charge in [0.15, 0.2) is 0 Å². The van der Waals surface area contributed by atoms with Gasteiger partial charge in [-0.15, -0.1) is 0 Å². The van der Waals surface area contributed by atoms with E-state index in [-0.39, 0.29) is 0 Å². The molecule has 0 saturated carbocycles. The van der Waals surface area contributed by atoms with Crippen molar-refractivity contribution in [3.05, 3.63) is 48.0 Å². The van der Waals surface area contributed by atoms with E-state index in [0.717, 1.165) is 6.42 Å². The molecular weight excluding hydrogens is 168 g/mol. The van der Waals surface area contributed by atoms with Crippen LogP contribution in [0, 0.1) is 6.58 Å². The summed E-state index contributed by atoms with van der Waals surface area (Å²) in [6.07, 6.45) is 7.71. The molecule has 0 fully saturated rings. The van der Waals surface area contributed by atoms with Crippen molar-refractivity contribution in [3.8, 4) is 0 Å². The molecule has 0 bridgehead atoms. The number of unbranched alkanes of at least 4 members (excludes halogenated alkanes) is 2. The molecule has 0 aliphatic carbocycles. The maximum absolute atomic E-state index is 5.37. The Balaban J connectivity index is 2.42. The van der Waals surface area contributed by atoms with Crippen molar-refractivity contribution in [2.45, 2.75) is 39.0 Å². The highest BCUT2D eigenvalue weighted by Gasteiger charge is 1.93. The molecule has 0 aromatic heterocycles. The highest BCUT2D eigenvalue weighted by Crippen LogP contribution is 2.09. The lowest BCUT2D eigenvalue weighted by Gasteiger charge is -2.02. The first-order valence-corrected chi connectivity index (χ1v) is 5.48. The number of hydrogen-bond acceptors (Lipinski definition) is 0. The number of benzene rings is 1. The van der Waals surface area contributed by atoms with Gasteiger partial charge in [0.05, 0.1) is 0 Å². The molecule has 75 valence electrons. The highest BCUT2D eigenvalue weighted by atomic mass is 14.0. The number of hydrogen-bond donors (Lipinski definition) is 0. The summed E-state index contributed by atoms with van der Waals surface area (Å²) in [5, 5.41) is 0. The Hall–Kier alpha value is -1.04. The van der Waals surface area contributed by atoms with Gasteiger partial charge >= 0.3 is 0 Å². The van der Waals surface area contributed by atoms with Crippen LogP contribution in [0.2, 0.25) is 0 Å². The van der Waals surface area contributed by atoms with Crippen LogP contribution in [0.3, 0.4) is 0 Å². The van der Waals surface area contributed by atoms with Crippen LogP contribution in [-0.4, -0.2) is 0 Å². The fourth-order valence-electron chi connectivity index (χ4n) is 1.56. The Labute approximate surface area is 87.7 Å². The number of rotatable bonds is 6. The van der Waals surface area contributed by atoms with Gasteiger partial charge in [-0.3, -0.25) is 0 Å². The average molecular weight is 187 g/mol. The summed E-state index contributed by atoms with van der Waals surface area (Å²) in [7, 11) is 0. The molecule has 0 saturated heterocycles. The maximum Gasteiger partial charge on any atom is -0.00943 e. The van der Waals surface area contributed by atoms with Gasteiger partial charge in [0.25, 0.3) is 0 Å². The van der Waals surface area contributed by atoms with Crippen LogP contribution in [0.5, 0.6) is 0 Å². The second kappa shape index (κ2) is 6.42. The third-order valence-corrected chi connectivity index (χ3v) is 2.45. The zero-order chi connectivity index (χ0) is 10.2. The lowest BCUT2D eigenvalue weighted by atomic mass is 10.0. The summed E-state index contributed by atoms with van der Waals surface area (Å²) in [4.78, 5) is 0. The predicted molar refractivity (Wildman–Crippen MR) is 62.2 cm³/mol. The Morgan fingerprint density at radius 2 is 1.71 bits per heavy atom. The lowest BCUT2D eigenvalue weighted by Crippen LogP contribution is -1.87. The normalized spacial score (nSPS) is 10.1. The van der Waals surface area contributed by atoms with Gasteiger partial charge in [-0.05, 0) is 30.4 Å². The first kappa shape index (κ1) is 11.0. The highest BCUT2D eigenvalue weighted by molar-refractivity contribution is 5.23. The molecule has 0 unspecified atom stereocenters. The molecule has 0 aliphatic heterocycles. The summed E-state index contributed by atoms with van der Waals surface area (Å²) in [5.74, 6) is 0. The molecule has 1 aromatic carbocycles. The van der Waals surface area contributed by atoms with Crippen molar-refractivity contribution in [3.63, 3.8) is 0 Å². The lowest BCUT2D eigenvalue weighted by molar-refractivity contribution is 0.717. The molecule has 1 aromatic rings. The second-order valence-corrected chi connectivity index (χ2v) is 3.71. The Kier molecular flexibility index (Phi) is 5.06. The van der Waals surface area contributed by atoms with Crippen LogP contribution < -0.4 is 0 Å². The molecule has 1 rings (SSSR count). The summed E-state index contributed by atoms with van der Waals surface area (Å²) >= 11 is 0. The predicted octanol–water partition coefficient (Wildman–Crippen LogP) is 3.95. The van der Waals surface area contributed by atoms with Crippen molar-refractivity contribution in [2.75, 3.05) is 0 Å². The summed E-state index contributed by atoms with van der Waals surface area (Å²) in [6.45, 7) is 7.61. The maximum atomic E-state index is 5.37. The topological polar surface area (TPSA) is 0 Å². The minimum Gasteiger partial charge on any atom is -0.0801 e. The molecule has 0 heterocycles. The van der Waals surface area contributed by atoms with Gasteiger partial charge in [0.2, 0.25) is 0 Å². The number of allylic oxidation sites excluding steroid dienone is 1. The van der Waals surface area contributed by atoms with Crippen molar-refractivity contribution in [2.24, 2.45) is 0 Å². The van der Waals surface area contributed by atoms with Gasteiger partial charge in [0, 0.05) is 0 Å². The molecule has 0 heteroatoms. The SMILES string of the molecule is [CH]=CCc1ccc(CCCCC)cc1. The Morgan fingerprint density at radius 1 is 1.07 bits per heavy atom. The quantitative estimate of drug-likeness (QED) is 0.591. The summed E-state index contributed by atoms with van der Waals surface area (Å²) in [5.41, 5.74) is 2.74. The van der Waals surface area contributed by atoms with Gasteiger partial charge in [-0.2, -0.15) is 0 Å². The molecule has 0 nitrogen and oxygen atoms in total. The van der Waals surface area contributed by atoms with E-state index in [2.05, 4.69) is 31.2 Å². The van der Waals surface area contributed by atoms with Gasteiger partial charge in [-0.25, -0.2) is 0 Å². The van der Waals surface area contributed by atoms with Crippen LogP contribution in [0.25, 0.3) is 0 Å². The fraction of sp³-hybridized carbons (Fsp3) is 0.429. The monoisotopic (exact) mass is 187 g/mol. The van der Waals surface area contributed by atoms with Crippen molar-refractivity contribution in [1.29, 1.82) is 0 Å². The molecule has 1 radical (unpaired) electrons. The van der Waals surface area contributed by atoms with E-state index in [1.807, 2.05) is 0 Å². The zero-order valence-electron chi connectivity index (χ0n) is 9.00. The van der Waals surface area contributed by atoms with E-state index < -0.39 is 0 Å². The molecule has 14 heavy (non-hydrogen) atoms. The smallest absolute Gasteiger partial charge is 0.00943 e. The van der Waals surface area contributed by atoms with Crippen LogP contribution in [0.15, 0.2) is 30.3 Å². The number of aryl methyl sites for hydroxylation is 1. The zero-order valence-corrected chi connectivity index (χ0v) is 9.00. The third kappa shape index (κ3) is 3.78. The Bertz CT molecular complexity index is 256. The molecular formula is C14H19. The fourth-order valence-corrected chi connectivity index (χ4v) is 1.56. The van der Waals surface area contributed by atoms with Gasteiger partial charge < -0.3 is 0 Å². The third-order valence-electron chi connectivity index (χ3n) is 2.45. The van der Waals surface area contributed by atoms with Gasteiger partial charge in [-0.1, -0.05) is 56.7 Å². The molecule has 0 atom stereocenters. The average Bonchev–Trinajstić information content (AvgIpc) is 2.21. The largest absolute Gasteiger partial charge is 0.0801 e. The minimum absolute atomic E-state index is 0.870. The van der Waals surface area contributed by atoms with E-state index in [1.54, 1.807) is 6.08 Å². The summed E-state index contributed by atoms with van der Waals surface area (Å²) < 4.78 is 0. The standard InChI is InChI=1S/C14H19/c1-3-5-6-8-14-11-9-13(7-4-2)10-12-14/h2,4,9-12H,3,5-8H2,1H3. The second-order valence-electron chi connectivity index (χ2n) is 3.71. The van der Waals surface area contributed by atoms with Crippen molar-refractivity contribution in [1.82, 2.24) is 0 Å². The molecule has 0 spiro atoms. The van der Waals surface area contributed by atoms with Crippen molar-refractivity contribution >= 4 is 0 Å². The van der Waals surface area contributed by atoms with Crippen LogP contribution in [-0.2, 0) is 12.8 Å². The van der Waals surface area contributed by atoms with Gasteiger partial charge in [0.1, 0.15) is 0 Å². The Morgan fingerprint density at radius 3 is 2.29 bits per heavy atom. The van der Waals surface area contributed by atoms with E-state index in [1.165, 1.54) is 36.8 Å². The van der Waals surface area contributed by atoms with E-state index in [0.29, 0.717) is 0 Å². The summed E-state index contributed by atoms with van der Waals surface area (Å²) in [6, 6.07) is 8.78. The minimum atomic E-state index is 0.870. The molecule has 0 amide bonds. The van der Waals surface area contributed by atoms with Crippen LogP contribution >= 0.6 is 0 Å². The first-order valence-electron chi connectivity index (χ1n) is 5.48. The molecule has 0 N–H and O–H groups in total. The van der Waals surface area contributed by atoms with Crippen molar-refractivity contribution < 1.29 is 0 Å². The first-order chi connectivity index (χ1) is 6.86. The molecule has 0 aliphatic rings.